The average molecular weight is 374 g/mol. The molecule has 3 N–H and O–H groups in total. The summed E-state index contributed by atoms with van der Waals surface area (Å²) in [5.74, 6) is 0.00478. The molecule has 0 bridgehead atoms. The van der Waals surface area contributed by atoms with Crippen LogP contribution in [0.3, 0.4) is 0 Å². The lowest BCUT2D eigenvalue weighted by Crippen LogP contribution is -2.46. The van der Waals surface area contributed by atoms with Gasteiger partial charge in [-0.1, -0.05) is 24.9 Å². The molecule has 1 heterocycles. The summed E-state index contributed by atoms with van der Waals surface area (Å²) in [6.45, 7) is 4.05. The van der Waals surface area contributed by atoms with Crippen molar-refractivity contribution >= 4 is 11.6 Å². The number of aromatic hydroxyl groups is 3. The Morgan fingerprint density at radius 1 is 1.00 bits per heavy atom. The van der Waals surface area contributed by atoms with Crippen molar-refractivity contribution in [3.05, 3.63) is 51.5 Å². The van der Waals surface area contributed by atoms with E-state index in [0.29, 0.717) is 11.1 Å². The number of phenolic OH excluding ortho intramolecular Hbond substituents is 3. The van der Waals surface area contributed by atoms with E-state index in [0.717, 1.165) is 61.0 Å². The van der Waals surface area contributed by atoms with Gasteiger partial charge in [0.1, 0.15) is 5.75 Å². The van der Waals surface area contributed by atoms with Gasteiger partial charge in [-0.25, -0.2) is 0 Å². The second kappa shape index (κ2) is 6.67. The standard InChI is InChI=1S/C21H24ClNO3/c1-2-3-6-23-11-13-7-16(22)18(24)9-15(13)21-14-10-20(26)19(25)8-12(14)4-5-17(21)23/h7-10,17,21,24-26H,2-6,11H2,1H3/t17-,21+/m0/s1. The second-order valence-electron chi connectivity index (χ2n) is 7.45. The number of halogens is 1. The van der Waals surface area contributed by atoms with Crippen molar-refractivity contribution in [2.45, 2.75) is 51.1 Å². The Morgan fingerprint density at radius 3 is 2.46 bits per heavy atom. The molecule has 2 aliphatic rings. The van der Waals surface area contributed by atoms with Crippen molar-refractivity contribution in [1.82, 2.24) is 4.90 Å². The first-order valence-corrected chi connectivity index (χ1v) is 9.67. The molecule has 1 aliphatic heterocycles. The van der Waals surface area contributed by atoms with Crippen molar-refractivity contribution in [2.75, 3.05) is 6.54 Å². The molecule has 2 aromatic rings. The molecule has 0 spiro atoms. The molecular formula is C21H24ClNO3. The largest absolute Gasteiger partial charge is 0.506 e. The minimum Gasteiger partial charge on any atom is -0.506 e. The van der Waals surface area contributed by atoms with Gasteiger partial charge < -0.3 is 15.3 Å². The summed E-state index contributed by atoms with van der Waals surface area (Å²) in [4.78, 5) is 2.51. The molecule has 2 atom stereocenters. The molecule has 0 saturated carbocycles. The summed E-state index contributed by atoms with van der Waals surface area (Å²) in [6, 6.07) is 7.36. The van der Waals surface area contributed by atoms with Gasteiger partial charge in [-0.15, -0.1) is 0 Å². The van der Waals surface area contributed by atoms with E-state index in [1.54, 1.807) is 18.2 Å². The molecule has 0 fully saturated rings. The molecule has 26 heavy (non-hydrogen) atoms. The fraction of sp³-hybridized carbons (Fsp3) is 0.429. The molecule has 0 aromatic heterocycles. The first kappa shape index (κ1) is 17.5. The molecule has 2 aromatic carbocycles. The van der Waals surface area contributed by atoms with Crippen molar-refractivity contribution in [3.63, 3.8) is 0 Å². The number of benzene rings is 2. The van der Waals surface area contributed by atoms with Crippen molar-refractivity contribution < 1.29 is 15.3 Å². The summed E-state index contributed by atoms with van der Waals surface area (Å²) in [5, 5.41) is 30.5. The number of hydrogen-bond donors (Lipinski definition) is 3. The molecule has 4 rings (SSSR count). The van der Waals surface area contributed by atoms with Crippen LogP contribution in [-0.2, 0) is 13.0 Å². The Morgan fingerprint density at radius 2 is 1.69 bits per heavy atom. The van der Waals surface area contributed by atoms with Crippen LogP contribution in [0.15, 0.2) is 24.3 Å². The Kier molecular flexibility index (Phi) is 4.49. The van der Waals surface area contributed by atoms with Gasteiger partial charge in [0.05, 0.1) is 5.02 Å². The molecule has 5 heteroatoms. The molecular weight excluding hydrogens is 350 g/mol. The number of rotatable bonds is 3. The highest BCUT2D eigenvalue weighted by Crippen LogP contribution is 2.48. The third-order valence-electron chi connectivity index (χ3n) is 5.85. The number of hydrogen-bond acceptors (Lipinski definition) is 4. The van der Waals surface area contributed by atoms with Gasteiger partial charge in [0.2, 0.25) is 0 Å². The van der Waals surface area contributed by atoms with Crippen molar-refractivity contribution in [3.8, 4) is 17.2 Å². The molecule has 0 radical (unpaired) electrons. The van der Waals surface area contributed by atoms with Crippen molar-refractivity contribution in [2.24, 2.45) is 0 Å². The fourth-order valence-electron chi connectivity index (χ4n) is 4.58. The molecule has 0 amide bonds. The molecule has 1 aliphatic carbocycles. The van der Waals surface area contributed by atoms with Gasteiger partial charge >= 0.3 is 0 Å². The average Bonchev–Trinajstić information content (AvgIpc) is 2.61. The quantitative estimate of drug-likeness (QED) is 0.692. The van der Waals surface area contributed by atoms with Crippen LogP contribution in [0, 0.1) is 0 Å². The summed E-state index contributed by atoms with van der Waals surface area (Å²) >= 11 is 6.18. The molecule has 0 unspecified atom stereocenters. The van der Waals surface area contributed by atoms with E-state index < -0.39 is 0 Å². The third kappa shape index (κ3) is 2.81. The van der Waals surface area contributed by atoms with E-state index >= 15 is 0 Å². The fourth-order valence-corrected chi connectivity index (χ4v) is 4.76. The summed E-state index contributed by atoms with van der Waals surface area (Å²) in [5.41, 5.74) is 4.32. The van der Waals surface area contributed by atoms with Gasteiger partial charge in [0, 0.05) is 18.5 Å². The number of unbranched alkanes of at least 4 members (excludes halogenated alkanes) is 1. The highest BCUT2D eigenvalue weighted by molar-refractivity contribution is 6.32. The zero-order valence-electron chi connectivity index (χ0n) is 14.9. The second-order valence-corrected chi connectivity index (χ2v) is 7.86. The number of nitrogens with zero attached hydrogens (tertiary/aromatic N) is 1. The highest BCUT2D eigenvalue weighted by Gasteiger charge is 2.40. The normalized spacial score (nSPS) is 21.8. The van der Waals surface area contributed by atoms with Gasteiger partial charge in [-0.05, 0) is 72.3 Å². The maximum Gasteiger partial charge on any atom is 0.157 e. The SMILES string of the molecule is CCCCN1Cc2cc(Cl)c(O)cc2[C@H]2c3cc(O)c(O)cc3CC[C@@H]21. The van der Waals surface area contributed by atoms with E-state index in [-0.39, 0.29) is 23.2 Å². The van der Waals surface area contributed by atoms with E-state index in [1.165, 1.54) is 0 Å². The smallest absolute Gasteiger partial charge is 0.157 e. The maximum atomic E-state index is 10.2. The lowest BCUT2D eigenvalue weighted by molar-refractivity contribution is 0.139. The summed E-state index contributed by atoms with van der Waals surface area (Å²) in [6.07, 6.45) is 4.15. The number of phenols is 3. The van der Waals surface area contributed by atoms with Crippen LogP contribution in [0.2, 0.25) is 5.02 Å². The van der Waals surface area contributed by atoms with E-state index in [2.05, 4.69) is 11.8 Å². The van der Waals surface area contributed by atoms with Gasteiger partial charge in [-0.3, -0.25) is 4.90 Å². The molecule has 4 nitrogen and oxygen atoms in total. The van der Waals surface area contributed by atoms with Crippen LogP contribution >= 0.6 is 11.6 Å². The lowest BCUT2D eigenvalue weighted by Gasteiger charge is -2.46. The van der Waals surface area contributed by atoms with Crippen LogP contribution in [0.25, 0.3) is 0 Å². The molecule has 138 valence electrons. The Balaban J connectivity index is 1.87. The predicted molar refractivity (Wildman–Crippen MR) is 102 cm³/mol. The van der Waals surface area contributed by atoms with Gasteiger partial charge in [0.25, 0.3) is 0 Å². The first-order valence-electron chi connectivity index (χ1n) is 9.29. The number of aryl methyl sites for hydroxylation is 1. The first-order chi connectivity index (χ1) is 12.5. The Hall–Kier alpha value is -1.91. The summed E-state index contributed by atoms with van der Waals surface area (Å²) in [7, 11) is 0. The van der Waals surface area contributed by atoms with Crippen LogP contribution in [0.1, 0.15) is 54.4 Å². The Bertz CT molecular complexity index is 852. The van der Waals surface area contributed by atoms with E-state index in [4.69, 9.17) is 11.6 Å². The zero-order chi connectivity index (χ0) is 18.4. The molecule has 0 saturated heterocycles. The predicted octanol–water partition coefficient (Wildman–Crippen LogP) is 4.52. The monoisotopic (exact) mass is 373 g/mol. The maximum absolute atomic E-state index is 10.2. The van der Waals surface area contributed by atoms with E-state index in [9.17, 15) is 15.3 Å². The van der Waals surface area contributed by atoms with Crippen LogP contribution in [0.5, 0.6) is 17.2 Å². The minimum atomic E-state index is -0.0881. The topological polar surface area (TPSA) is 63.9 Å². The highest BCUT2D eigenvalue weighted by atomic mass is 35.5. The van der Waals surface area contributed by atoms with Gasteiger partial charge in [-0.2, -0.15) is 0 Å². The Labute approximate surface area is 158 Å². The summed E-state index contributed by atoms with van der Waals surface area (Å²) < 4.78 is 0. The minimum absolute atomic E-state index is 0.0639. The van der Waals surface area contributed by atoms with Crippen molar-refractivity contribution in [1.29, 1.82) is 0 Å². The third-order valence-corrected chi connectivity index (χ3v) is 6.15. The van der Waals surface area contributed by atoms with Crippen LogP contribution in [-0.4, -0.2) is 32.8 Å². The van der Waals surface area contributed by atoms with Gasteiger partial charge in [0.15, 0.2) is 11.5 Å². The van der Waals surface area contributed by atoms with Crippen LogP contribution in [0.4, 0.5) is 0 Å². The van der Waals surface area contributed by atoms with E-state index in [1.807, 2.05) is 6.07 Å². The number of fused-ring (bicyclic) bond motifs is 5. The van der Waals surface area contributed by atoms with Crippen LogP contribution < -0.4 is 0 Å². The lowest BCUT2D eigenvalue weighted by atomic mass is 9.71. The zero-order valence-corrected chi connectivity index (χ0v) is 15.6.